The van der Waals surface area contributed by atoms with Crippen molar-refractivity contribution in [3.63, 3.8) is 0 Å². The predicted molar refractivity (Wildman–Crippen MR) is 69.9 cm³/mol. The lowest BCUT2D eigenvalue weighted by Gasteiger charge is -2.17. The first-order valence-electron chi connectivity index (χ1n) is 5.44. The average Bonchev–Trinajstić information content (AvgIpc) is 2.85. The number of amides is 1. The molecule has 0 bridgehead atoms. The summed E-state index contributed by atoms with van der Waals surface area (Å²) in [5.41, 5.74) is 0.586. The highest BCUT2D eigenvalue weighted by atomic mass is 32.2. The van der Waals surface area contributed by atoms with Crippen molar-refractivity contribution in [2.75, 3.05) is 18.8 Å². The molecule has 2 rings (SSSR count). The molecule has 1 aliphatic heterocycles. The number of hydrogen-bond acceptors (Lipinski definition) is 4. The molecule has 1 amide bonds. The molecule has 0 aromatic heterocycles. The molecule has 0 aliphatic carbocycles. The fraction of sp³-hybridized carbons (Fsp3) is 0.250. The van der Waals surface area contributed by atoms with Gasteiger partial charge in [-0.05, 0) is 12.1 Å². The number of rotatable bonds is 3. The van der Waals surface area contributed by atoms with Gasteiger partial charge in [-0.1, -0.05) is 30.0 Å². The third kappa shape index (κ3) is 2.89. The molecule has 0 saturated heterocycles. The van der Waals surface area contributed by atoms with Crippen LogP contribution >= 0.6 is 11.8 Å². The first kappa shape index (κ1) is 12.6. The van der Waals surface area contributed by atoms with E-state index >= 15 is 0 Å². The zero-order valence-corrected chi connectivity index (χ0v) is 10.4. The molecule has 0 spiro atoms. The zero-order valence-electron chi connectivity index (χ0n) is 9.57. The third-order valence-corrected chi connectivity index (χ3v) is 3.39. The van der Waals surface area contributed by atoms with Crippen LogP contribution in [0.15, 0.2) is 35.3 Å². The van der Waals surface area contributed by atoms with Gasteiger partial charge in [-0.3, -0.25) is 19.5 Å². The van der Waals surface area contributed by atoms with Crippen LogP contribution in [-0.4, -0.2) is 45.9 Å². The van der Waals surface area contributed by atoms with Crippen molar-refractivity contribution < 1.29 is 14.7 Å². The van der Waals surface area contributed by atoms with Crippen molar-refractivity contribution in [2.45, 2.75) is 0 Å². The number of carboxylic acid groups (broad SMARTS) is 1. The first-order valence-corrected chi connectivity index (χ1v) is 6.43. The van der Waals surface area contributed by atoms with E-state index in [4.69, 9.17) is 5.11 Å². The number of carboxylic acids is 1. The van der Waals surface area contributed by atoms with Crippen LogP contribution in [0.2, 0.25) is 0 Å². The van der Waals surface area contributed by atoms with Crippen molar-refractivity contribution in [1.29, 1.82) is 0 Å². The maximum absolute atomic E-state index is 12.2. The molecular weight excluding hydrogens is 252 g/mol. The molecule has 0 unspecified atom stereocenters. The molecule has 1 aromatic carbocycles. The van der Waals surface area contributed by atoms with E-state index in [1.54, 1.807) is 24.3 Å². The number of thioether (sulfide) groups is 1. The number of carbonyl (C=O) groups is 2. The summed E-state index contributed by atoms with van der Waals surface area (Å²) in [6.07, 6.45) is 0. The molecule has 0 saturated carbocycles. The monoisotopic (exact) mass is 264 g/mol. The Morgan fingerprint density at radius 1 is 1.33 bits per heavy atom. The van der Waals surface area contributed by atoms with E-state index < -0.39 is 5.97 Å². The highest BCUT2D eigenvalue weighted by Gasteiger charge is 2.25. The standard InChI is InChI=1S/C12H12N2O3S/c15-10(16)8-18-12-13-6-7-14(12)11(17)9-4-2-1-3-5-9/h1-5H,6-8H2,(H,15,16). The second-order valence-electron chi connectivity index (χ2n) is 3.67. The lowest BCUT2D eigenvalue weighted by Crippen LogP contribution is -2.33. The Balaban J connectivity index is 2.07. The van der Waals surface area contributed by atoms with E-state index in [2.05, 4.69) is 4.99 Å². The van der Waals surface area contributed by atoms with Gasteiger partial charge >= 0.3 is 5.97 Å². The number of nitrogens with zero attached hydrogens (tertiary/aromatic N) is 2. The van der Waals surface area contributed by atoms with Gasteiger partial charge in [-0.2, -0.15) is 0 Å². The number of benzene rings is 1. The Hall–Kier alpha value is -1.82. The van der Waals surface area contributed by atoms with Gasteiger partial charge in [-0.25, -0.2) is 0 Å². The normalized spacial score (nSPS) is 14.4. The van der Waals surface area contributed by atoms with Crippen LogP contribution in [0.1, 0.15) is 10.4 Å². The molecule has 1 aromatic rings. The quantitative estimate of drug-likeness (QED) is 0.893. The maximum atomic E-state index is 12.2. The summed E-state index contributed by atoms with van der Waals surface area (Å²) in [4.78, 5) is 28.4. The summed E-state index contributed by atoms with van der Waals surface area (Å²) in [6, 6.07) is 8.91. The largest absolute Gasteiger partial charge is 0.481 e. The van der Waals surface area contributed by atoms with Crippen molar-refractivity contribution in [3.05, 3.63) is 35.9 Å². The number of hydrogen-bond donors (Lipinski definition) is 1. The van der Waals surface area contributed by atoms with Gasteiger partial charge in [0.05, 0.1) is 12.3 Å². The van der Waals surface area contributed by atoms with Gasteiger partial charge in [0.2, 0.25) is 0 Å². The van der Waals surface area contributed by atoms with Crippen molar-refractivity contribution >= 4 is 28.8 Å². The number of amidine groups is 1. The first-order chi connectivity index (χ1) is 8.68. The smallest absolute Gasteiger partial charge is 0.313 e. The SMILES string of the molecule is O=C(O)CSC1=NCCN1C(=O)c1ccccc1. The number of aliphatic imine (C=N–C) groups is 1. The number of carbonyl (C=O) groups excluding carboxylic acids is 1. The van der Waals surface area contributed by atoms with E-state index in [9.17, 15) is 9.59 Å². The van der Waals surface area contributed by atoms with Crippen LogP contribution < -0.4 is 0 Å². The Labute approximate surface area is 109 Å². The van der Waals surface area contributed by atoms with Crippen LogP contribution in [-0.2, 0) is 4.79 Å². The van der Waals surface area contributed by atoms with Gasteiger partial charge in [0.1, 0.15) is 0 Å². The van der Waals surface area contributed by atoms with Gasteiger partial charge in [-0.15, -0.1) is 0 Å². The Morgan fingerprint density at radius 3 is 2.72 bits per heavy atom. The summed E-state index contributed by atoms with van der Waals surface area (Å²) in [5.74, 6) is -1.14. The Kier molecular flexibility index (Phi) is 3.99. The van der Waals surface area contributed by atoms with Crippen molar-refractivity contribution in [1.82, 2.24) is 4.90 Å². The van der Waals surface area contributed by atoms with Crippen molar-refractivity contribution in [2.24, 2.45) is 4.99 Å². The highest BCUT2D eigenvalue weighted by molar-refractivity contribution is 8.14. The van der Waals surface area contributed by atoms with Crippen LogP contribution in [0.5, 0.6) is 0 Å². The molecule has 1 heterocycles. The minimum atomic E-state index is -0.915. The van der Waals surface area contributed by atoms with E-state index in [1.807, 2.05) is 6.07 Å². The van der Waals surface area contributed by atoms with Crippen LogP contribution in [0.25, 0.3) is 0 Å². The van der Waals surface area contributed by atoms with E-state index in [0.717, 1.165) is 11.8 Å². The van der Waals surface area contributed by atoms with Crippen molar-refractivity contribution in [3.8, 4) is 0 Å². The van der Waals surface area contributed by atoms with Gasteiger partial charge in [0.15, 0.2) is 5.17 Å². The summed E-state index contributed by atoms with van der Waals surface area (Å²) >= 11 is 1.08. The van der Waals surface area contributed by atoms with E-state index in [-0.39, 0.29) is 11.7 Å². The van der Waals surface area contributed by atoms with Crippen LogP contribution in [0.4, 0.5) is 0 Å². The van der Waals surface area contributed by atoms with E-state index in [0.29, 0.717) is 23.8 Å². The highest BCUT2D eigenvalue weighted by Crippen LogP contribution is 2.17. The lowest BCUT2D eigenvalue weighted by molar-refractivity contribution is -0.133. The van der Waals surface area contributed by atoms with E-state index in [1.165, 1.54) is 4.90 Å². The summed E-state index contributed by atoms with van der Waals surface area (Å²) in [7, 11) is 0. The third-order valence-electron chi connectivity index (χ3n) is 2.39. The second kappa shape index (κ2) is 5.68. The Bertz CT molecular complexity index is 487. The molecule has 6 heteroatoms. The van der Waals surface area contributed by atoms with Crippen LogP contribution in [0, 0.1) is 0 Å². The molecular formula is C12H12N2O3S. The fourth-order valence-electron chi connectivity index (χ4n) is 1.60. The molecule has 0 atom stereocenters. The molecule has 5 nitrogen and oxygen atoms in total. The fourth-order valence-corrected chi connectivity index (χ4v) is 2.37. The second-order valence-corrected chi connectivity index (χ2v) is 4.61. The minimum Gasteiger partial charge on any atom is -0.481 e. The summed E-state index contributed by atoms with van der Waals surface area (Å²) in [6.45, 7) is 1.04. The molecule has 18 heavy (non-hydrogen) atoms. The maximum Gasteiger partial charge on any atom is 0.313 e. The predicted octanol–water partition coefficient (Wildman–Crippen LogP) is 1.32. The Morgan fingerprint density at radius 2 is 2.06 bits per heavy atom. The molecule has 0 fully saturated rings. The summed E-state index contributed by atoms with van der Waals surface area (Å²) in [5, 5.41) is 9.13. The zero-order chi connectivity index (χ0) is 13.0. The van der Waals surface area contributed by atoms with Gasteiger partial charge in [0, 0.05) is 12.1 Å². The van der Waals surface area contributed by atoms with Gasteiger partial charge in [0.25, 0.3) is 5.91 Å². The van der Waals surface area contributed by atoms with Crippen LogP contribution in [0.3, 0.4) is 0 Å². The lowest BCUT2D eigenvalue weighted by atomic mass is 10.2. The summed E-state index contributed by atoms with van der Waals surface area (Å²) < 4.78 is 0. The molecule has 0 radical (unpaired) electrons. The van der Waals surface area contributed by atoms with Gasteiger partial charge < -0.3 is 5.11 Å². The number of aliphatic carboxylic acids is 1. The molecule has 1 aliphatic rings. The topological polar surface area (TPSA) is 70.0 Å². The average molecular weight is 264 g/mol. The minimum absolute atomic E-state index is 0.0859. The molecule has 94 valence electrons. The molecule has 1 N–H and O–H groups in total.